The van der Waals surface area contributed by atoms with Crippen molar-refractivity contribution in [2.24, 2.45) is 57.7 Å². The number of carboxylic acid groups (broad SMARTS) is 3. The van der Waals surface area contributed by atoms with Crippen LogP contribution in [0.5, 0.6) is 0 Å². The number of rotatable bonds is 17. The Balaban J connectivity index is -0.000000273. The molecule has 0 aliphatic carbocycles. The second kappa shape index (κ2) is 28.4. The van der Waals surface area contributed by atoms with Gasteiger partial charge in [0.15, 0.2) is 0 Å². The predicted molar refractivity (Wildman–Crippen MR) is 170 cm³/mol. The highest BCUT2D eigenvalue weighted by Crippen LogP contribution is 2.04. The van der Waals surface area contributed by atoms with Gasteiger partial charge in [0.1, 0.15) is 36.3 Å². The Morgan fingerprint density at radius 2 is 1.09 bits per heavy atom. The summed E-state index contributed by atoms with van der Waals surface area (Å²) in [6.07, 6.45) is 1.20. The number of amides is 1. The minimum Gasteiger partial charge on any atom is -0.480 e. The molecule has 0 rings (SSSR count). The van der Waals surface area contributed by atoms with Gasteiger partial charge in [-0.2, -0.15) is 0 Å². The lowest BCUT2D eigenvalue weighted by molar-refractivity contribution is -0.160. The molecule has 0 saturated heterocycles. The molecule has 0 bridgehead atoms. The number of aliphatic carboxylic acids is 3. The molecule has 0 unspecified atom stereocenters. The molecule has 0 heterocycles. The third-order valence-electron chi connectivity index (χ3n) is 5.76. The molecule has 1 amide bonds. The van der Waals surface area contributed by atoms with Crippen LogP contribution < -0.4 is 45.9 Å². The van der Waals surface area contributed by atoms with Crippen LogP contribution in [0.3, 0.4) is 0 Å². The van der Waals surface area contributed by atoms with Crippen LogP contribution in [0, 0.1) is 11.8 Å². The average molecular weight is 685 g/mol. The van der Waals surface area contributed by atoms with Crippen molar-refractivity contribution in [1.82, 2.24) is 0 Å². The summed E-state index contributed by atoms with van der Waals surface area (Å²) in [7, 11) is 0. The van der Waals surface area contributed by atoms with Gasteiger partial charge in [-0.1, -0.05) is 34.1 Å². The van der Waals surface area contributed by atoms with Gasteiger partial charge in [0.2, 0.25) is 5.91 Å². The molecule has 0 aliphatic rings. The first-order valence-electron chi connectivity index (χ1n) is 14.6. The maximum atomic E-state index is 11.4. The molecule has 0 radical (unpaired) electrons. The number of esters is 3. The van der Waals surface area contributed by atoms with Crippen LogP contribution in [-0.2, 0) is 43.0 Å². The van der Waals surface area contributed by atoms with Gasteiger partial charge in [-0.3, -0.25) is 28.8 Å². The van der Waals surface area contributed by atoms with Crippen molar-refractivity contribution in [2.45, 2.75) is 103 Å². The first-order valence-corrected chi connectivity index (χ1v) is 14.6. The van der Waals surface area contributed by atoms with Crippen LogP contribution in [-0.4, -0.2) is 106 Å². The first-order chi connectivity index (χ1) is 21.5. The SMILES string of the molecule is CC(C)[C@H](N)C(=O)O.CC(C)[C@H](N)C(=O)OC(=O)CN.C[C@@H](OC(=O)[C@@H](N)CCCCN)[C@H](N)C(=O)O.NC(=O)CC[C@H](N)C(=O)O. The molecule has 0 fully saturated rings. The van der Waals surface area contributed by atoms with E-state index in [1.165, 1.54) is 6.92 Å². The van der Waals surface area contributed by atoms with Crippen molar-refractivity contribution < 1.29 is 58.4 Å². The number of primary amides is 1. The zero-order valence-corrected chi connectivity index (χ0v) is 27.7. The molecule has 0 aromatic rings. The van der Waals surface area contributed by atoms with Gasteiger partial charge < -0.3 is 70.7 Å². The lowest BCUT2D eigenvalue weighted by Gasteiger charge is -2.19. The molecular formula is C27H56N8O12. The third-order valence-corrected chi connectivity index (χ3v) is 5.76. The quantitative estimate of drug-likeness (QED) is 0.0402. The van der Waals surface area contributed by atoms with Crippen LogP contribution in [0.4, 0.5) is 0 Å². The number of unbranched alkanes of at least 4 members (excludes halogenated alkanes) is 1. The number of hydrogen-bond donors (Lipinski definition) is 11. The Morgan fingerprint density at radius 1 is 0.617 bits per heavy atom. The highest BCUT2D eigenvalue weighted by atomic mass is 16.6. The van der Waals surface area contributed by atoms with Gasteiger partial charge in [0.05, 0.1) is 6.54 Å². The van der Waals surface area contributed by atoms with Crippen molar-refractivity contribution in [2.75, 3.05) is 13.1 Å². The Kier molecular flexibility index (Phi) is 30.3. The largest absolute Gasteiger partial charge is 0.480 e. The van der Waals surface area contributed by atoms with Crippen LogP contribution in [0.15, 0.2) is 0 Å². The normalized spacial score (nSPS) is 14.1. The topological polar surface area (TPSA) is 407 Å². The van der Waals surface area contributed by atoms with Gasteiger partial charge in [-0.25, -0.2) is 4.79 Å². The minimum atomic E-state index is -1.24. The summed E-state index contributed by atoms with van der Waals surface area (Å²) < 4.78 is 9.16. The maximum Gasteiger partial charge on any atom is 0.330 e. The number of carboxylic acids is 3. The monoisotopic (exact) mass is 684 g/mol. The van der Waals surface area contributed by atoms with Crippen molar-refractivity contribution in [3.63, 3.8) is 0 Å². The Bertz CT molecular complexity index is 968. The van der Waals surface area contributed by atoms with Gasteiger partial charge in [0, 0.05) is 6.42 Å². The van der Waals surface area contributed by atoms with E-state index < -0.39 is 78.0 Å². The number of carbonyl (C=O) groups is 7. The number of carbonyl (C=O) groups excluding carboxylic acids is 4. The lowest BCUT2D eigenvalue weighted by Crippen LogP contribution is -2.45. The summed E-state index contributed by atoms with van der Waals surface area (Å²) in [6, 6.07) is -4.46. The maximum absolute atomic E-state index is 11.4. The molecule has 0 aromatic heterocycles. The van der Waals surface area contributed by atoms with Gasteiger partial charge in [-0.15, -0.1) is 0 Å². The van der Waals surface area contributed by atoms with E-state index in [1.54, 1.807) is 27.7 Å². The van der Waals surface area contributed by atoms with Crippen molar-refractivity contribution in [1.29, 1.82) is 0 Å². The molecule has 47 heavy (non-hydrogen) atoms. The Labute approximate surface area is 274 Å². The summed E-state index contributed by atoms with van der Waals surface area (Å²) in [6.45, 7) is 8.73. The molecule has 0 saturated carbocycles. The Morgan fingerprint density at radius 3 is 1.40 bits per heavy atom. The smallest absolute Gasteiger partial charge is 0.330 e. The highest BCUT2D eigenvalue weighted by molar-refractivity contribution is 5.89. The standard InChI is InChI=1S/C10H21N3O4.C7H14N2O3.C5H10N2O3.C5H11NO2/c1-6(8(13)9(14)15)17-10(16)7(12)4-2-3-5-11;1-4(2)6(9)7(11)12-5(10)3-8;6-3(5(9)10)1-2-4(7)8;1-3(2)4(6)5(7)8/h6-8H,2-5,11-13H2,1H3,(H,14,15);4,6H,3,8-9H2,1-2H3;3H,1-2,6H2,(H2,7,8)(H,9,10);3-4H,6H2,1-2H3,(H,7,8)/t6-,7+,8+;6-;3-;4-/m1000/s1. The molecule has 0 aliphatic heterocycles. The summed E-state index contributed by atoms with van der Waals surface area (Å²) in [5.41, 5.74) is 41.5. The van der Waals surface area contributed by atoms with E-state index >= 15 is 0 Å². The number of nitrogens with two attached hydrogens (primary N) is 8. The Hall–Kier alpha value is -3.79. The molecular weight excluding hydrogens is 628 g/mol. The van der Waals surface area contributed by atoms with Crippen molar-refractivity contribution >= 4 is 41.7 Å². The van der Waals surface area contributed by atoms with Crippen LogP contribution in [0.2, 0.25) is 0 Å². The van der Waals surface area contributed by atoms with Crippen molar-refractivity contribution in [3.8, 4) is 0 Å². The van der Waals surface area contributed by atoms with Crippen LogP contribution in [0.1, 0.15) is 66.7 Å². The zero-order valence-electron chi connectivity index (χ0n) is 27.7. The van der Waals surface area contributed by atoms with E-state index in [9.17, 15) is 33.6 Å². The fourth-order valence-corrected chi connectivity index (χ4v) is 2.37. The second-order valence-corrected chi connectivity index (χ2v) is 10.7. The van der Waals surface area contributed by atoms with Crippen LogP contribution in [0.25, 0.3) is 0 Å². The van der Waals surface area contributed by atoms with E-state index in [2.05, 4.69) is 4.74 Å². The van der Waals surface area contributed by atoms with Crippen LogP contribution >= 0.6 is 0 Å². The fourth-order valence-electron chi connectivity index (χ4n) is 2.37. The molecule has 6 atom stereocenters. The fraction of sp³-hybridized carbons (Fsp3) is 0.741. The average Bonchev–Trinajstić information content (AvgIpc) is 2.98. The third kappa shape index (κ3) is 29.4. The highest BCUT2D eigenvalue weighted by Gasteiger charge is 2.26. The number of hydrogen-bond acceptors (Lipinski definition) is 16. The van der Waals surface area contributed by atoms with E-state index in [-0.39, 0.29) is 31.2 Å². The summed E-state index contributed by atoms with van der Waals surface area (Å²) in [5, 5.41) is 25.1. The molecule has 19 N–H and O–H groups in total. The summed E-state index contributed by atoms with van der Waals surface area (Å²) in [5.74, 6) is -5.93. The van der Waals surface area contributed by atoms with Gasteiger partial charge >= 0.3 is 35.8 Å². The molecule has 276 valence electrons. The zero-order chi connectivity index (χ0) is 38.0. The predicted octanol–water partition coefficient (Wildman–Crippen LogP) is -3.50. The first kappa shape index (κ1) is 50.1. The molecule has 20 heteroatoms. The van der Waals surface area contributed by atoms with E-state index in [0.717, 1.165) is 12.8 Å². The molecule has 0 spiro atoms. The van der Waals surface area contributed by atoms with E-state index in [1.807, 2.05) is 0 Å². The lowest BCUT2D eigenvalue weighted by atomic mass is 10.1. The molecule has 20 nitrogen and oxygen atoms in total. The second-order valence-electron chi connectivity index (χ2n) is 10.7. The van der Waals surface area contributed by atoms with Crippen molar-refractivity contribution in [3.05, 3.63) is 0 Å². The number of ether oxygens (including phenoxy) is 2. The summed E-state index contributed by atoms with van der Waals surface area (Å²) in [4.78, 5) is 73.6. The molecule has 0 aromatic carbocycles. The van der Waals surface area contributed by atoms with Gasteiger partial charge in [-0.05, 0) is 44.6 Å². The van der Waals surface area contributed by atoms with E-state index in [0.29, 0.717) is 13.0 Å². The van der Waals surface area contributed by atoms with Gasteiger partial charge in [0.25, 0.3) is 0 Å². The van der Waals surface area contributed by atoms with E-state index in [4.69, 9.17) is 65.9 Å². The summed E-state index contributed by atoms with van der Waals surface area (Å²) >= 11 is 0. The minimum absolute atomic E-state index is 0.0208.